The van der Waals surface area contributed by atoms with E-state index in [0.29, 0.717) is 11.0 Å². The molecule has 0 aliphatic heterocycles. The van der Waals surface area contributed by atoms with E-state index in [2.05, 4.69) is 9.97 Å². The van der Waals surface area contributed by atoms with E-state index in [9.17, 15) is 9.90 Å². The minimum Gasteiger partial charge on any atom is -0.506 e. The molecule has 0 atom stereocenters. The van der Waals surface area contributed by atoms with Gasteiger partial charge < -0.3 is 10.1 Å². The summed E-state index contributed by atoms with van der Waals surface area (Å²) in [4.78, 5) is 17.1. The number of aromatic hydroxyl groups is 1. The summed E-state index contributed by atoms with van der Waals surface area (Å²) in [5.74, 6) is 0.0729. The number of aromatic nitrogens is 2. The van der Waals surface area contributed by atoms with Crippen LogP contribution >= 0.6 is 0 Å². The molecule has 1 aromatic carbocycles. The maximum Gasteiger partial charge on any atom is 0.266 e. The third-order valence-electron chi connectivity index (χ3n) is 1.58. The molecule has 2 aromatic rings. The number of fused-ring (bicyclic) bond motifs is 1. The summed E-state index contributed by atoms with van der Waals surface area (Å²) in [6.45, 7) is 8.00. The van der Waals surface area contributed by atoms with E-state index in [4.69, 9.17) is 0 Å². The van der Waals surface area contributed by atoms with Crippen LogP contribution in [0.15, 0.2) is 29.2 Å². The topological polar surface area (TPSA) is 66.0 Å². The number of para-hydroxylation sites is 1. The molecule has 0 bridgehead atoms. The van der Waals surface area contributed by atoms with E-state index < -0.39 is 0 Å². The lowest BCUT2D eigenvalue weighted by molar-refractivity contribution is 0.480. The fourth-order valence-corrected chi connectivity index (χ4v) is 1.06. The largest absolute Gasteiger partial charge is 0.506 e. The highest BCUT2D eigenvalue weighted by Crippen LogP contribution is 2.17. The number of hydrogen-bond donors (Lipinski definition) is 2. The number of nitrogens with zero attached hydrogens (tertiary/aromatic N) is 1. The molecule has 0 aliphatic carbocycles. The summed E-state index contributed by atoms with van der Waals surface area (Å²) in [7, 11) is 0. The normalized spacial score (nSPS) is 8.50. The van der Waals surface area contributed by atoms with Crippen molar-refractivity contribution in [3.8, 4) is 5.75 Å². The van der Waals surface area contributed by atoms with E-state index in [1.165, 1.54) is 6.07 Å². The predicted molar refractivity (Wildman–Crippen MR) is 66.7 cm³/mol. The van der Waals surface area contributed by atoms with E-state index in [1.54, 1.807) is 12.1 Å². The Labute approximate surface area is 95.0 Å². The molecule has 2 rings (SSSR count). The number of rotatable bonds is 0. The van der Waals surface area contributed by atoms with Gasteiger partial charge in [0.15, 0.2) is 0 Å². The first-order valence-corrected chi connectivity index (χ1v) is 5.44. The Kier molecular flexibility index (Phi) is 6.59. The Morgan fingerprint density at radius 3 is 2.44 bits per heavy atom. The second-order valence-corrected chi connectivity index (χ2v) is 2.42. The van der Waals surface area contributed by atoms with E-state index in [0.717, 1.165) is 6.20 Å². The van der Waals surface area contributed by atoms with Crippen molar-refractivity contribution in [2.75, 3.05) is 0 Å². The number of hydrogen-bond acceptors (Lipinski definition) is 3. The summed E-state index contributed by atoms with van der Waals surface area (Å²) < 4.78 is 0. The number of aromatic amines is 1. The summed E-state index contributed by atoms with van der Waals surface area (Å²) >= 11 is 0. The molecule has 0 saturated carbocycles. The van der Waals surface area contributed by atoms with Crippen LogP contribution in [0.1, 0.15) is 27.7 Å². The number of phenolic OH excluding ortho intramolecular Hbond substituents is 1. The second-order valence-electron chi connectivity index (χ2n) is 2.42. The molecule has 0 spiro atoms. The molecular weight excluding hydrogens is 204 g/mol. The molecular formula is C12H18N2O2. The average Bonchev–Trinajstić information content (AvgIpc) is 2.34. The van der Waals surface area contributed by atoms with Gasteiger partial charge in [0.25, 0.3) is 5.56 Å². The Hall–Kier alpha value is -1.84. The Bertz CT molecular complexity index is 478. The van der Waals surface area contributed by atoms with Gasteiger partial charge in [-0.25, -0.2) is 4.98 Å². The molecule has 88 valence electrons. The van der Waals surface area contributed by atoms with Gasteiger partial charge in [0.05, 0.1) is 11.7 Å². The number of H-pyrrole nitrogens is 1. The van der Waals surface area contributed by atoms with Crippen LogP contribution in [0.25, 0.3) is 11.0 Å². The third kappa shape index (κ3) is 3.38. The molecule has 0 unspecified atom stereocenters. The van der Waals surface area contributed by atoms with Crippen molar-refractivity contribution in [1.82, 2.24) is 9.97 Å². The molecule has 0 saturated heterocycles. The third-order valence-corrected chi connectivity index (χ3v) is 1.58. The highest BCUT2D eigenvalue weighted by molar-refractivity contribution is 5.79. The predicted octanol–water partition coefficient (Wildman–Crippen LogP) is 2.68. The fourth-order valence-electron chi connectivity index (χ4n) is 1.06. The molecule has 0 radical (unpaired) electrons. The lowest BCUT2D eigenvalue weighted by atomic mass is 10.3. The molecule has 0 aliphatic rings. The van der Waals surface area contributed by atoms with Crippen molar-refractivity contribution in [3.05, 3.63) is 34.7 Å². The minimum absolute atomic E-state index is 0.0729. The summed E-state index contributed by atoms with van der Waals surface area (Å²) in [6, 6.07) is 4.85. The van der Waals surface area contributed by atoms with Gasteiger partial charge >= 0.3 is 0 Å². The van der Waals surface area contributed by atoms with Gasteiger partial charge in [0.2, 0.25) is 0 Å². The van der Waals surface area contributed by atoms with Crippen molar-refractivity contribution in [1.29, 1.82) is 0 Å². The first-order chi connectivity index (χ1) is 7.77. The van der Waals surface area contributed by atoms with Gasteiger partial charge in [-0.15, -0.1) is 0 Å². The Balaban J connectivity index is 0.000000509. The molecule has 2 N–H and O–H groups in total. The summed E-state index contributed by atoms with van der Waals surface area (Å²) in [5.41, 5.74) is 0.688. The standard InChI is InChI=1S/C8H6N2O2.2C2H6/c11-6-3-1-2-5-8(6)9-4-7(12)10-5;2*1-2/h1-4,11H,(H,10,12);2*1-2H3. The first-order valence-electron chi connectivity index (χ1n) is 5.44. The Morgan fingerprint density at radius 1 is 1.19 bits per heavy atom. The van der Waals surface area contributed by atoms with Gasteiger partial charge in [-0.2, -0.15) is 0 Å². The molecule has 4 nitrogen and oxygen atoms in total. The van der Waals surface area contributed by atoms with E-state index in [1.807, 2.05) is 27.7 Å². The number of phenols is 1. The monoisotopic (exact) mass is 222 g/mol. The molecule has 1 heterocycles. The smallest absolute Gasteiger partial charge is 0.266 e. The summed E-state index contributed by atoms with van der Waals surface area (Å²) in [6.07, 6.45) is 1.14. The van der Waals surface area contributed by atoms with Gasteiger partial charge in [-0.05, 0) is 12.1 Å². The fraction of sp³-hybridized carbons (Fsp3) is 0.333. The number of benzene rings is 1. The van der Waals surface area contributed by atoms with E-state index in [-0.39, 0.29) is 11.3 Å². The van der Waals surface area contributed by atoms with Crippen LogP contribution in [-0.4, -0.2) is 15.1 Å². The van der Waals surface area contributed by atoms with Crippen LogP contribution in [0.3, 0.4) is 0 Å². The molecule has 1 aromatic heterocycles. The zero-order valence-corrected chi connectivity index (χ0v) is 10.1. The van der Waals surface area contributed by atoms with E-state index >= 15 is 0 Å². The SMILES string of the molecule is CC.CC.O=c1cnc2c(O)cccc2[nH]1. The highest BCUT2D eigenvalue weighted by Gasteiger charge is 1.99. The van der Waals surface area contributed by atoms with Crippen LogP contribution in [0.4, 0.5) is 0 Å². The van der Waals surface area contributed by atoms with Crippen LogP contribution in [-0.2, 0) is 0 Å². The molecule has 16 heavy (non-hydrogen) atoms. The molecule has 4 heteroatoms. The van der Waals surface area contributed by atoms with Gasteiger partial charge in [0, 0.05) is 0 Å². The van der Waals surface area contributed by atoms with Crippen molar-refractivity contribution >= 4 is 11.0 Å². The maximum absolute atomic E-state index is 10.8. The van der Waals surface area contributed by atoms with Crippen molar-refractivity contribution in [2.45, 2.75) is 27.7 Å². The lowest BCUT2D eigenvalue weighted by Crippen LogP contribution is -2.04. The van der Waals surface area contributed by atoms with Crippen LogP contribution < -0.4 is 5.56 Å². The van der Waals surface area contributed by atoms with Crippen molar-refractivity contribution in [3.63, 3.8) is 0 Å². The zero-order valence-electron chi connectivity index (χ0n) is 10.1. The molecule has 0 amide bonds. The lowest BCUT2D eigenvalue weighted by Gasteiger charge is -1.96. The second kappa shape index (κ2) is 7.45. The highest BCUT2D eigenvalue weighted by atomic mass is 16.3. The quantitative estimate of drug-likeness (QED) is 0.720. The van der Waals surface area contributed by atoms with Crippen LogP contribution in [0.5, 0.6) is 5.75 Å². The van der Waals surface area contributed by atoms with Gasteiger partial charge in [-0.3, -0.25) is 4.79 Å². The van der Waals surface area contributed by atoms with Crippen molar-refractivity contribution in [2.24, 2.45) is 0 Å². The Morgan fingerprint density at radius 2 is 1.81 bits per heavy atom. The maximum atomic E-state index is 10.8. The van der Waals surface area contributed by atoms with Gasteiger partial charge in [-0.1, -0.05) is 33.8 Å². The summed E-state index contributed by atoms with van der Waals surface area (Å²) in [5, 5.41) is 9.28. The van der Waals surface area contributed by atoms with Gasteiger partial charge in [0.1, 0.15) is 11.3 Å². The van der Waals surface area contributed by atoms with Crippen LogP contribution in [0.2, 0.25) is 0 Å². The average molecular weight is 222 g/mol. The first kappa shape index (κ1) is 14.2. The minimum atomic E-state index is -0.270. The molecule has 0 fully saturated rings. The van der Waals surface area contributed by atoms with Crippen LogP contribution in [0, 0.1) is 0 Å². The van der Waals surface area contributed by atoms with Crippen molar-refractivity contribution < 1.29 is 5.11 Å². The number of nitrogens with one attached hydrogen (secondary N) is 1. The zero-order chi connectivity index (χ0) is 12.6.